The molecule has 0 nitrogen and oxygen atoms in total. The van der Waals surface area contributed by atoms with Crippen LogP contribution in [0.2, 0.25) is 12.6 Å². The molecule has 2 atom stereocenters. The quantitative estimate of drug-likeness (QED) is 0.296. The van der Waals surface area contributed by atoms with Gasteiger partial charge in [0.05, 0.1) is 8.07 Å². The van der Waals surface area contributed by atoms with Crippen molar-refractivity contribution in [2.75, 3.05) is 0 Å². The zero-order chi connectivity index (χ0) is 21.7. The maximum Gasteiger partial charge on any atom is 2.00 e. The average Bonchev–Trinajstić information content (AvgIpc) is 3.37. The number of hydrogen-bond donors (Lipinski definition) is 0. The normalized spacial score (nSPS) is 18.1. The van der Waals surface area contributed by atoms with Crippen LogP contribution in [0.3, 0.4) is 0 Å². The molecule has 0 heterocycles. The molecule has 0 fully saturated rings. The average molecular weight is 591 g/mol. The van der Waals surface area contributed by atoms with E-state index in [0.717, 1.165) is 6.42 Å². The monoisotopic (exact) mass is 588 g/mol. The maximum absolute atomic E-state index is 4.11. The van der Waals surface area contributed by atoms with Gasteiger partial charge in [-0.2, -0.15) is 0 Å². The van der Waals surface area contributed by atoms with E-state index in [4.69, 9.17) is 0 Å². The Morgan fingerprint density at radius 3 is 2.00 bits per heavy atom. The fourth-order valence-corrected chi connectivity index (χ4v) is 11.9. The molecule has 4 heteroatoms. The maximum atomic E-state index is 4.11. The van der Waals surface area contributed by atoms with Crippen LogP contribution in [0.5, 0.6) is 0 Å². The molecule has 3 aliphatic carbocycles. The second kappa shape index (κ2) is 11.1. The Morgan fingerprint density at radius 1 is 0.800 bits per heavy atom. The number of rotatable bonds is 5. The zero-order valence-electron chi connectivity index (χ0n) is 19.8. The van der Waals surface area contributed by atoms with Crippen LogP contribution in [0.1, 0.15) is 23.1 Å². The number of benzene rings is 3. The summed E-state index contributed by atoms with van der Waals surface area (Å²) in [7, 11) is -2.03. The number of halogens is 2. The third kappa shape index (κ3) is 4.27. The van der Waals surface area contributed by atoms with Gasteiger partial charge in [-0.3, -0.25) is 0 Å². The van der Waals surface area contributed by atoms with Crippen LogP contribution in [-0.4, -0.2) is 8.07 Å². The zero-order valence-corrected chi connectivity index (χ0v) is 24.8. The van der Waals surface area contributed by atoms with E-state index in [-0.39, 0.29) is 51.0 Å². The second-order valence-corrected chi connectivity index (χ2v) is 13.9. The molecular weight excluding hydrogens is 563 g/mol. The Kier molecular flexibility index (Phi) is 8.87. The van der Waals surface area contributed by atoms with E-state index >= 15 is 0 Å². The smallest absolute Gasteiger partial charge is 1.00 e. The third-order valence-corrected chi connectivity index (χ3v) is 12.9. The number of fused-ring (bicyclic) bond motifs is 5. The van der Waals surface area contributed by atoms with Crippen LogP contribution < -0.4 is 35.3 Å². The molecule has 0 spiro atoms. The van der Waals surface area contributed by atoms with Crippen molar-refractivity contribution in [2.45, 2.75) is 24.6 Å². The molecule has 0 saturated heterocycles. The van der Waals surface area contributed by atoms with Crippen molar-refractivity contribution in [1.29, 1.82) is 0 Å². The molecule has 6 rings (SSSR count). The van der Waals surface area contributed by atoms with E-state index in [9.17, 15) is 0 Å². The SMILES string of the molecule is C=CCC[Si](C)(C1=c2ccccc2=C2C=CC=CC21)C1c2ccccc2-c2ccccc21.[Cl-].[Cl-].[Zr+2]. The van der Waals surface area contributed by atoms with Gasteiger partial charge in [-0.25, -0.2) is 0 Å². The molecule has 0 bridgehead atoms. The van der Waals surface area contributed by atoms with Gasteiger partial charge in [0.15, 0.2) is 0 Å². The predicted molar refractivity (Wildman–Crippen MR) is 139 cm³/mol. The Hall–Kier alpha value is -1.70. The summed E-state index contributed by atoms with van der Waals surface area (Å²) >= 11 is 0. The topological polar surface area (TPSA) is 0 Å². The van der Waals surface area contributed by atoms with E-state index in [1.165, 1.54) is 44.3 Å². The van der Waals surface area contributed by atoms with Crippen molar-refractivity contribution < 1.29 is 51.0 Å². The van der Waals surface area contributed by atoms with Crippen LogP contribution in [0.25, 0.3) is 21.9 Å². The second-order valence-electron chi connectivity index (χ2n) is 9.49. The summed E-state index contributed by atoms with van der Waals surface area (Å²) in [5.74, 6) is 0.402. The molecule has 0 radical (unpaired) electrons. The summed E-state index contributed by atoms with van der Waals surface area (Å²) in [6, 6.07) is 28.6. The molecule has 0 aliphatic heterocycles. The van der Waals surface area contributed by atoms with E-state index in [0.29, 0.717) is 11.5 Å². The molecule has 0 N–H and O–H groups in total. The molecule has 35 heavy (non-hydrogen) atoms. The van der Waals surface area contributed by atoms with Crippen molar-refractivity contribution in [1.82, 2.24) is 0 Å². The summed E-state index contributed by atoms with van der Waals surface area (Å²) < 4.78 is 0. The van der Waals surface area contributed by atoms with Gasteiger partial charge in [0.1, 0.15) is 0 Å². The van der Waals surface area contributed by atoms with Crippen LogP contribution in [0.4, 0.5) is 0 Å². The Morgan fingerprint density at radius 2 is 1.37 bits per heavy atom. The first kappa shape index (κ1) is 27.9. The minimum Gasteiger partial charge on any atom is -1.00 e. The molecule has 3 aromatic carbocycles. The number of allylic oxidation sites excluding steroid dienone is 5. The van der Waals surface area contributed by atoms with Gasteiger partial charge < -0.3 is 24.8 Å². The van der Waals surface area contributed by atoms with Crippen LogP contribution >= 0.6 is 0 Å². The van der Waals surface area contributed by atoms with Gasteiger partial charge in [-0.1, -0.05) is 115 Å². The molecular formula is C31H28Cl2SiZr. The van der Waals surface area contributed by atoms with E-state index < -0.39 is 8.07 Å². The largest absolute Gasteiger partial charge is 2.00 e. The molecule has 3 aromatic rings. The van der Waals surface area contributed by atoms with Gasteiger partial charge >= 0.3 is 26.2 Å². The summed E-state index contributed by atoms with van der Waals surface area (Å²) in [5.41, 5.74) is 7.87. The first-order valence-electron chi connectivity index (χ1n) is 11.7. The van der Waals surface area contributed by atoms with Crippen molar-refractivity contribution >= 4 is 18.8 Å². The Labute approximate surface area is 241 Å². The van der Waals surface area contributed by atoms with Crippen molar-refractivity contribution in [2.24, 2.45) is 5.92 Å². The van der Waals surface area contributed by atoms with Crippen molar-refractivity contribution in [3.8, 4) is 11.1 Å². The summed E-state index contributed by atoms with van der Waals surface area (Å²) in [4.78, 5) is 0. The van der Waals surface area contributed by atoms with Crippen LogP contribution in [0, 0.1) is 5.92 Å². The minimum atomic E-state index is -2.03. The summed E-state index contributed by atoms with van der Waals surface area (Å²) in [6.07, 6.45) is 12.4. The Balaban J connectivity index is 0.00000114. The first-order chi connectivity index (χ1) is 15.7. The molecule has 0 saturated carbocycles. The number of hydrogen-bond acceptors (Lipinski definition) is 0. The summed E-state index contributed by atoms with van der Waals surface area (Å²) in [5, 5.41) is 4.64. The predicted octanol–water partition coefficient (Wildman–Crippen LogP) is 0.295. The van der Waals surface area contributed by atoms with Gasteiger partial charge in [0.2, 0.25) is 0 Å². The molecule has 3 aliphatic rings. The van der Waals surface area contributed by atoms with Crippen molar-refractivity contribution in [3.05, 3.63) is 131 Å². The van der Waals surface area contributed by atoms with E-state index in [2.05, 4.69) is 116 Å². The molecule has 2 unspecified atom stereocenters. The third-order valence-electron chi connectivity index (χ3n) is 7.82. The first-order valence-corrected chi connectivity index (χ1v) is 14.5. The fourth-order valence-electron chi connectivity index (χ4n) is 6.53. The van der Waals surface area contributed by atoms with E-state index in [1.807, 2.05) is 0 Å². The van der Waals surface area contributed by atoms with Gasteiger partial charge in [0.25, 0.3) is 0 Å². The molecule has 0 aromatic heterocycles. The van der Waals surface area contributed by atoms with E-state index in [1.54, 1.807) is 5.20 Å². The van der Waals surface area contributed by atoms with Crippen molar-refractivity contribution in [3.63, 3.8) is 0 Å². The fraction of sp³-hybridized carbons (Fsp3) is 0.161. The van der Waals surface area contributed by atoms with Gasteiger partial charge in [-0.05, 0) is 50.7 Å². The molecule has 174 valence electrons. The van der Waals surface area contributed by atoms with Gasteiger partial charge in [-0.15, -0.1) is 6.58 Å². The Bertz CT molecular complexity index is 1390. The van der Waals surface area contributed by atoms with Gasteiger partial charge in [0, 0.05) is 11.5 Å². The standard InChI is InChI=1S/C31H28Si.2ClH.Zr/c1-3-4-21-32(2,30-26-17-9-5-13-22(26)23-14-6-10-18-27(23)30)31-28-19-11-7-15-24(28)25-16-8-12-20-29(25)31;;;/h3,5-20,26,31H,1,4,21H2,2H3;2*1H;/q;;;+2/p-2. The van der Waals surface area contributed by atoms with Crippen LogP contribution in [0.15, 0.2) is 110 Å². The summed E-state index contributed by atoms with van der Waals surface area (Å²) in [6.45, 7) is 6.77. The molecule has 0 amide bonds. The van der Waals surface area contributed by atoms with Crippen LogP contribution in [-0.2, 0) is 26.2 Å². The minimum absolute atomic E-state index is 0.